The van der Waals surface area contributed by atoms with Gasteiger partial charge in [-0.15, -0.1) is 0 Å². The number of piperazine rings is 1. The lowest BCUT2D eigenvalue weighted by Gasteiger charge is -2.43. The Morgan fingerprint density at radius 1 is 0.905 bits per heavy atom. The third kappa shape index (κ3) is 7.15. The first kappa shape index (κ1) is 19.0. The topological polar surface area (TPSA) is 15.3 Å². The van der Waals surface area contributed by atoms with Gasteiger partial charge in [-0.05, 0) is 24.8 Å². The molecule has 2 unspecified atom stereocenters. The van der Waals surface area contributed by atoms with E-state index in [4.69, 9.17) is 0 Å². The van der Waals surface area contributed by atoms with Crippen molar-refractivity contribution < 1.29 is 0 Å². The second kappa shape index (κ2) is 10.6. The zero-order chi connectivity index (χ0) is 15.7. The quantitative estimate of drug-likeness (QED) is 0.588. The maximum absolute atomic E-state index is 3.76. The van der Waals surface area contributed by atoms with Crippen LogP contribution in [0.5, 0.6) is 0 Å². The summed E-state index contributed by atoms with van der Waals surface area (Å²) in [5, 5.41) is 3.76. The third-order valence-corrected chi connectivity index (χ3v) is 5.11. The highest BCUT2D eigenvalue weighted by molar-refractivity contribution is 4.88. The van der Waals surface area contributed by atoms with Crippen molar-refractivity contribution >= 4 is 0 Å². The molecule has 126 valence electrons. The van der Waals surface area contributed by atoms with Crippen LogP contribution in [0.15, 0.2) is 0 Å². The van der Waals surface area contributed by atoms with E-state index in [0.717, 1.165) is 17.9 Å². The fourth-order valence-electron chi connectivity index (χ4n) is 3.49. The number of hydrogen-bond donors (Lipinski definition) is 1. The predicted molar refractivity (Wildman–Crippen MR) is 94.8 cm³/mol. The molecule has 21 heavy (non-hydrogen) atoms. The van der Waals surface area contributed by atoms with Crippen LogP contribution in [0.3, 0.4) is 0 Å². The van der Waals surface area contributed by atoms with Gasteiger partial charge in [-0.1, -0.05) is 73.1 Å². The van der Waals surface area contributed by atoms with Gasteiger partial charge in [0.2, 0.25) is 0 Å². The molecule has 1 heterocycles. The Morgan fingerprint density at radius 2 is 1.52 bits per heavy atom. The van der Waals surface area contributed by atoms with Crippen LogP contribution in [-0.4, -0.2) is 36.6 Å². The molecular weight excluding hydrogens is 256 g/mol. The van der Waals surface area contributed by atoms with Gasteiger partial charge in [-0.3, -0.25) is 4.90 Å². The summed E-state index contributed by atoms with van der Waals surface area (Å²) < 4.78 is 0. The maximum Gasteiger partial charge on any atom is 0.0244 e. The molecule has 0 aromatic carbocycles. The molecule has 1 N–H and O–H groups in total. The van der Waals surface area contributed by atoms with Crippen LogP contribution in [0.4, 0.5) is 0 Å². The standard InChI is InChI=1S/C19H40N2/c1-6-7-8-9-10-11-12-13-21-15-18(16(2)3)20-14-19(21)17(4)5/h16-20H,6-15H2,1-5H3. The van der Waals surface area contributed by atoms with Gasteiger partial charge in [-0.2, -0.15) is 0 Å². The van der Waals surface area contributed by atoms with E-state index in [1.807, 2.05) is 0 Å². The molecule has 1 aliphatic heterocycles. The Bertz CT molecular complexity index is 250. The van der Waals surface area contributed by atoms with Gasteiger partial charge in [0.05, 0.1) is 0 Å². The van der Waals surface area contributed by atoms with Crippen molar-refractivity contribution in [1.82, 2.24) is 10.2 Å². The molecule has 2 heteroatoms. The highest BCUT2D eigenvalue weighted by atomic mass is 15.2. The Kier molecular flexibility index (Phi) is 9.59. The molecule has 1 rings (SSSR count). The summed E-state index contributed by atoms with van der Waals surface area (Å²) in [7, 11) is 0. The Labute approximate surface area is 134 Å². The van der Waals surface area contributed by atoms with Crippen molar-refractivity contribution in [1.29, 1.82) is 0 Å². The molecule has 2 nitrogen and oxygen atoms in total. The van der Waals surface area contributed by atoms with Crippen molar-refractivity contribution in [3.63, 3.8) is 0 Å². The highest BCUT2D eigenvalue weighted by Crippen LogP contribution is 2.19. The molecule has 0 aromatic heterocycles. The Hall–Kier alpha value is -0.0800. The maximum atomic E-state index is 3.76. The van der Waals surface area contributed by atoms with Gasteiger partial charge < -0.3 is 5.32 Å². The van der Waals surface area contributed by atoms with Crippen LogP contribution in [0.2, 0.25) is 0 Å². The van der Waals surface area contributed by atoms with Gasteiger partial charge in [0.25, 0.3) is 0 Å². The second-order valence-corrected chi connectivity index (χ2v) is 7.69. The molecule has 1 fully saturated rings. The number of nitrogens with one attached hydrogen (secondary N) is 1. The van der Waals surface area contributed by atoms with E-state index >= 15 is 0 Å². The van der Waals surface area contributed by atoms with E-state index in [9.17, 15) is 0 Å². The summed E-state index contributed by atoms with van der Waals surface area (Å²) in [5.41, 5.74) is 0. The largest absolute Gasteiger partial charge is 0.311 e. The van der Waals surface area contributed by atoms with Crippen LogP contribution in [0, 0.1) is 11.8 Å². The molecule has 2 atom stereocenters. The summed E-state index contributed by atoms with van der Waals surface area (Å²) in [6, 6.07) is 1.42. The second-order valence-electron chi connectivity index (χ2n) is 7.69. The van der Waals surface area contributed by atoms with Crippen LogP contribution in [0.25, 0.3) is 0 Å². The molecule has 1 aliphatic rings. The summed E-state index contributed by atoms with van der Waals surface area (Å²) in [5.74, 6) is 1.50. The number of nitrogens with zero attached hydrogens (tertiary/aromatic N) is 1. The number of unbranched alkanes of at least 4 members (excludes halogenated alkanes) is 6. The minimum atomic E-state index is 0.685. The van der Waals surface area contributed by atoms with E-state index < -0.39 is 0 Å². The lowest BCUT2D eigenvalue weighted by molar-refractivity contribution is 0.0834. The average Bonchev–Trinajstić information content (AvgIpc) is 2.45. The molecule has 0 saturated carbocycles. The SMILES string of the molecule is CCCCCCCCCN1CC(C(C)C)NCC1C(C)C. The molecule has 0 aromatic rings. The van der Waals surface area contributed by atoms with Crippen molar-refractivity contribution in [2.24, 2.45) is 11.8 Å². The summed E-state index contributed by atoms with van der Waals surface area (Å²) >= 11 is 0. The fraction of sp³-hybridized carbons (Fsp3) is 1.00. The fourth-order valence-corrected chi connectivity index (χ4v) is 3.49. The summed E-state index contributed by atoms with van der Waals surface area (Å²) in [4.78, 5) is 2.78. The van der Waals surface area contributed by atoms with Crippen molar-refractivity contribution in [2.45, 2.75) is 91.6 Å². The van der Waals surface area contributed by atoms with Crippen LogP contribution in [0.1, 0.15) is 79.6 Å². The molecule has 0 bridgehead atoms. The zero-order valence-electron chi connectivity index (χ0n) is 15.3. The lowest BCUT2D eigenvalue weighted by atomic mass is 9.94. The lowest BCUT2D eigenvalue weighted by Crippen LogP contribution is -2.59. The van der Waals surface area contributed by atoms with Gasteiger partial charge in [0, 0.05) is 25.2 Å². The van der Waals surface area contributed by atoms with Crippen LogP contribution in [-0.2, 0) is 0 Å². The first-order chi connectivity index (χ1) is 10.1. The molecule has 0 radical (unpaired) electrons. The summed E-state index contributed by atoms with van der Waals surface area (Å²) in [6.45, 7) is 15.5. The summed E-state index contributed by atoms with van der Waals surface area (Å²) in [6.07, 6.45) is 9.90. The monoisotopic (exact) mass is 296 g/mol. The molecular formula is C19H40N2. The minimum absolute atomic E-state index is 0.685. The Balaban J connectivity index is 2.27. The van der Waals surface area contributed by atoms with Gasteiger partial charge in [-0.25, -0.2) is 0 Å². The highest BCUT2D eigenvalue weighted by Gasteiger charge is 2.30. The normalized spacial score (nSPS) is 24.1. The van der Waals surface area contributed by atoms with Gasteiger partial charge in [0.1, 0.15) is 0 Å². The molecule has 0 amide bonds. The van der Waals surface area contributed by atoms with Crippen LogP contribution < -0.4 is 5.32 Å². The van der Waals surface area contributed by atoms with Crippen molar-refractivity contribution in [3.8, 4) is 0 Å². The first-order valence-electron chi connectivity index (χ1n) is 9.53. The number of rotatable bonds is 10. The van der Waals surface area contributed by atoms with Crippen molar-refractivity contribution in [2.75, 3.05) is 19.6 Å². The van der Waals surface area contributed by atoms with E-state index in [-0.39, 0.29) is 0 Å². The van der Waals surface area contributed by atoms with Crippen LogP contribution >= 0.6 is 0 Å². The van der Waals surface area contributed by atoms with E-state index in [0.29, 0.717) is 6.04 Å². The zero-order valence-corrected chi connectivity index (χ0v) is 15.3. The van der Waals surface area contributed by atoms with Gasteiger partial charge >= 0.3 is 0 Å². The third-order valence-electron chi connectivity index (χ3n) is 5.11. The average molecular weight is 297 g/mol. The van der Waals surface area contributed by atoms with Gasteiger partial charge in [0.15, 0.2) is 0 Å². The molecule has 0 aliphatic carbocycles. The predicted octanol–water partition coefficient (Wildman–Crippen LogP) is 4.69. The van der Waals surface area contributed by atoms with E-state index in [1.54, 1.807) is 0 Å². The number of hydrogen-bond acceptors (Lipinski definition) is 2. The molecule has 0 spiro atoms. The smallest absolute Gasteiger partial charge is 0.0244 e. The first-order valence-corrected chi connectivity index (χ1v) is 9.53. The van der Waals surface area contributed by atoms with Crippen molar-refractivity contribution in [3.05, 3.63) is 0 Å². The van der Waals surface area contributed by atoms with E-state index in [1.165, 1.54) is 64.6 Å². The Morgan fingerprint density at radius 3 is 2.10 bits per heavy atom. The minimum Gasteiger partial charge on any atom is -0.311 e. The molecule has 1 saturated heterocycles. The van der Waals surface area contributed by atoms with E-state index in [2.05, 4.69) is 44.8 Å².